The minimum absolute atomic E-state index is 0.137. The summed E-state index contributed by atoms with van der Waals surface area (Å²) in [4.78, 5) is 32.8. The number of carbonyl (C=O) groups excluding carboxylic acids is 2. The van der Waals surface area contributed by atoms with Gasteiger partial charge in [-0.1, -0.05) is 0 Å². The number of imide groups is 1. The van der Waals surface area contributed by atoms with Crippen LogP contribution in [0.1, 0.15) is 26.2 Å². The minimum atomic E-state index is -0.795. The van der Waals surface area contributed by atoms with Gasteiger partial charge in [0.2, 0.25) is 0 Å². The Kier molecular flexibility index (Phi) is 5.90. The molecule has 3 saturated heterocycles. The highest BCUT2D eigenvalue weighted by Gasteiger charge is 2.48. The predicted octanol–water partition coefficient (Wildman–Crippen LogP) is 0.309. The molecule has 3 aliphatic rings. The first-order valence-electron chi connectivity index (χ1n) is 9.65. The zero-order chi connectivity index (χ0) is 19.7. The Labute approximate surface area is 165 Å². The lowest BCUT2D eigenvalue weighted by molar-refractivity contribution is -0.125. The van der Waals surface area contributed by atoms with Crippen LogP contribution in [0.5, 0.6) is 0 Å². The van der Waals surface area contributed by atoms with Crippen molar-refractivity contribution in [3.63, 3.8) is 0 Å². The molecular weight excluding hydrogens is 364 g/mol. The van der Waals surface area contributed by atoms with E-state index in [1.165, 1.54) is 12.2 Å². The Morgan fingerprint density at radius 3 is 2.56 bits per heavy atom. The van der Waals surface area contributed by atoms with Crippen molar-refractivity contribution in [1.82, 2.24) is 25.8 Å². The van der Waals surface area contributed by atoms with Crippen LogP contribution in [0.15, 0.2) is 4.99 Å². The number of likely N-dealkylation sites (N-methyl/N-ethyl adjacent to an activating group) is 1. The van der Waals surface area contributed by atoms with Crippen molar-refractivity contribution >= 4 is 29.7 Å². The fraction of sp³-hybridized carbons (Fsp3) is 0.833. The lowest BCUT2D eigenvalue weighted by Gasteiger charge is -2.41. The molecule has 3 fully saturated rings. The number of hydrogen-bond acceptors (Lipinski definition) is 5. The topological polar surface area (TPSA) is 89.1 Å². The summed E-state index contributed by atoms with van der Waals surface area (Å²) in [5.74, 6) is 3.20. The van der Waals surface area contributed by atoms with E-state index in [4.69, 9.17) is 0 Å². The maximum Gasteiger partial charge on any atom is 0.322 e. The van der Waals surface area contributed by atoms with Crippen LogP contribution in [0, 0.1) is 5.92 Å². The van der Waals surface area contributed by atoms with Crippen LogP contribution in [0.2, 0.25) is 0 Å². The average Bonchev–Trinajstić information content (AvgIpc) is 3.22. The maximum atomic E-state index is 12.2. The van der Waals surface area contributed by atoms with E-state index >= 15 is 0 Å². The summed E-state index contributed by atoms with van der Waals surface area (Å²) >= 11 is 2.01. The van der Waals surface area contributed by atoms with Crippen LogP contribution in [-0.4, -0.2) is 91.1 Å². The normalized spacial score (nSPS) is 32.8. The van der Waals surface area contributed by atoms with Gasteiger partial charge in [0.05, 0.1) is 0 Å². The van der Waals surface area contributed by atoms with E-state index in [2.05, 4.69) is 44.8 Å². The fourth-order valence-electron chi connectivity index (χ4n) is 4.34. The number of hydrogen-bond donors (Lipinski definition) is 3. The molecule has 0 spiro atoms. The molecular formula is C18H32N6O2S. The van der Waals surface area contributed by atoms with Crippen LogP contribution in [-0.2, 0) is 4.79 Å². The van der Waals surface area contributed by atoms with Gasteiger partial charge in [0.25, 0.3) is 5.91 Å². The molecule has 0 aromatic carbocycles. The van der Waals surface area contributed by atoms with Crippen molar-refractivity contribution in [2.24, 2.45) is 10.9 Å². The molecule has 3 N–H and O–H groups in total. The third kappa shape index (κ3) is 3.89. The number of nitrogens with one attached hydrogen (secondary N) is 3. The molecule has 2 unspecified atom stereocenters. The van der Waals surface area contributed by atoms with Gasteiger partial charge in [-0.25, -0.2) is 4.79 Å². The summed E-state index contributed by atoms with van der Waals surface area (Å²) in [5, 5.41) is 8.77. The number of nitrogens with zero attached hydrogens (tertiary/aromatic N) is 3. The Morgan fingerprint density at radius 1 is 1.37 bits per heavy atom. The first-order valence-corrected chi connectivity index (χ1v) is 10.8. The van der Waals surface area contributed by atoms with E-state index in [1.54, 1.807) is 0 Å². The van der Waals surface area contributed by atoms with Gasteiger partial charge in [-0.15, -0.1) is 0 Å². The summed E-state index contributed by atoms with van der Waals surface area (Å²) < 4.78 is 0. The molecule has 0 saturated carbocycles. The van der Waals surface area contributed by atoms with Gasteiger partial charge in [0, 0.05) is 38.0 Å². The quantitative estimate of drug-likeness (QED) is 0.360. The summed E-state index contributed by atoms with van der Waals surface area (Å²) in [6.45, 7) is 4.37. The molecule has 3 heterocycles. The highest BCUT2D eigenvalue weighted by atomic mass is 32.2. The molecule has 0 aromatic rings. The number of guanidine groups is 1. The van der Waals surface area contributed by atoms with E-state index in [9.17, 15) is 9.59 Å². The number of urea groups is 1. The molecule has 3 aliphatic heterocycles. The maximum absolute atomic E-state index is 12.2. The van der Waals surface area contributed by atoms with E-state index in [0.29, 0.717) is 0 Å². The van der Waals surface area contributed by atoms with Crippen LogP contribution in [0.25, 0.3) is 0 Å². The van der Waals surface area contributed by atoms with Gasteiger partial charge >= 0.3 is 6.03 Å². The Balaban J connectivity index is 1.56. The van der Waals surface area contributed by atoms with Gasteiger partial charge in [-0.2, -0.15) is 11.8 Å². The lowest BCUT2D eigenvalue weighted by atomic mass is 9.79. The molecule has 0 aliphatic carbocycles. The summed E-state index contributed by atoms with van der Waals surface area (Å²) in [6.07, 6.45) is 2.88. The van der Waals surface area contributed by atoms with Gasteiger partial charge < -0.3 is 20.4 Å². The van der Waals surface area contributed by atoms with Crippen molar-refractivity contribution < 1.29 is 9.59 Å². The van der Waals surface area contributed by atoms with E-state index < -0.39 is 5.54 Å². The largest absolute Gasteiger partial charge is 0.354 e. The Morgan fingerprint density at radius 2 is 2.07 bits per heavy atom. The molecule has 8 nitrogen and oxygen atoms in total. The van der Waals surface area contributed by atoms with Crippen LogP contribution < -0.4 is 16.0 Å². The highest BCUT2D eigenvalue weighted by Crippen LogP contribution is 2.32. The predicted molar refractivity (Wildman–Crippen MR) is 109 cm³/mol. The van der Waals surface area contributed by atoms with E-state index in [-0.39, 0.29) is 23.4 Å². The van der Waals surface area contributed by atoms with Crippen molar-refractivity contribution in [2.45, 2.75) is 37.3 Å². The van der Waals surface area contributed by atoms with Crippen molar-refractivity contribution in [1.29, 1.82) is 0 Å². The van der Waals surface area contributed by atoms with Crippen molar-refractivity contribution in [2.75, 3.05) is 52.3 Å². The summed E-state index contributed by atoms with van der Waals surface area (Å²) in [6, 6.07) is -0.383. The lowest BCUT2D eigenvalue weighted by Crippen LogP contribution is -2.58. The van der Waals surface area contributed by atoms with Crippen molar-refractivity contribution in [3.8, 4) is 0 Å². The van der Waals surface area contributed by atoms with Crippen LogP contribution in [0.3, 0.4) is 0 Å². The molecule has 0 bridgehead atoms. The molecule has 27 heavy (non-hydrogen) atoms. The number of piperidine rings is 1. The molecule has 9 heteroatoms. The molecule has 3 amide bonds. The minimum Gasteiger partial charge on any atom is -0.354 e. The first-order chi connectivity index (χ1) is 12.8. The summed E-state index contributed by atoms with van der Waals surface area (Å²) in [5.41, 5.74) is -0.616. The molecule has 2 atom stereocenters. The van der Waals surface area contributed by atoms with Gasteiger partial charge in [-0.05, 0) is 52.0 Å². The third-order valence-electron chi connectivity index (χ3n) is 6.50. The van der Waals surface area contributed by atoms with E-state index in [1.807, 2.05) is 25.7 Å². The molecule has 0 aromatic heterocycles. The monoisotopic (exact) mass is 396 g/mol. The first kappa shape index (κ1) is 20.3. The van der Waals surface area contributed by atoms with Gasteiger partial charge in [-0.3, -0.25) is 15.1 Å². The second-order valence-electron chi connectivity index (χ2n) is 8.19. The zero-order valence-corrected chi connectivity index (χ0v) is 17.6. The number of likely N-dealkylation sites (tertiary alicyclic amines) is 1. The third-order valence-corrected chi connectivity index (χ3v) is 7.74. The molecule has 3 rings (SSSR count). The Hall–Kier alpha value is -1.48. The average molecular weight is 397 g/mol. The van der Waals surface area contributed by atoms with Gasteiger partial charge in [0.1, 0.15) is 5.54 Å². The highest BCUT2D eigenvalue weighted by molar-refractivity contribution is 7.99. The smallest absolute Gasteiger partial charge is 0.322 e. The SMILES string of the molecule is CN=C(NCC1(N(C)C)CCSC1)N1CCC(C2(C)NC(=O)NC2=O)CC1. The number of carbonyl (C=O) groups is 2. The van der Waals surface area contributed by atoms with Gasteiger partial charge in [0.15, 0.2) is 5.96 Å². The standard InChI is InChI=1S/C18H32N6O2S/c1-17(14(25)21-16(26)22-17)13-5-8-24(9-6-13)15(19-2)20-11-18(23(3)4)7-10-27-12-18/h13H,5-12H2,1-4H3,(H,19,20)(H2,21,22,25,26). The number of amides is 3. The van der Waals surface area contributed by atoms with Crippen LogP contribution >= 0.6 is 11.8 Å². The summed E-state index contributed by atoms with van der Waals surface area (Å²) in [7, 11) is 6.14. The van der Waals surface area contributed by atoms with Crippen molar-refractivity contribution in [3.05, 3.63) is 0 Å². The second-order valence-corrected chi connectivity index (χ2v) is 9.30. The fourth-order valence-corrected chi connectivity index (χ4v) is 5.89. The van der Waals surface area contributed by atoms with Crippen LogP contribution in [0.4, 0.5) is 4.79 Å². The Bertz CT molecular complexity index is 611. The zero-order valence-electron chi connectivity index (χ0n) is 16.8. The number of rotatable bonds is 4. The second kappa shape index (κ2) is 7.87. The molecule has 0 radical (unpaired) electrons. The van der Waals surface area contributed by atoms with E-state index in [0.717, 1.165) is 44.2 Å². The molecule has 152 valence electrons. The number of thioether (sulfide) groups is 1. The number of aliphatic imine (C=N–C) groups is 1.